The van der Waals surface area contributed by atoms with Gasteiger partial charge in [-0.1, -0.05) is 15.9 Å². The summed E-state index contributed by atoms with van der Waals surface area (Å²) in [6.07, 6.45) is 0.422. The molecule has 0 radical (unpaired) electrons. The lowest BCUT2D eigenvalue weighted by Crippen LogP contribution is -2.45. The first-order valence-electron chi connectivity index (χ1n) is 9.35. The molecule has 0 fully saturated rings. The average Bonchev–Trinajstić information content (AvgIpc) is 2.57. The summed E-state index contributed by atoms with van der Waals surface area (Å²) in [6.45, 7) is 5.72. The number of nitrogens with zero attached hydrogens (tertiary/aromatic N) is 1. The van der Waals surface area contributed by atoms with Crippen molar-refractivity contribution in [2.45, 2.75) is 33.6 Å². The van der Waals surface area contributed by atoms with Gasteiger partial charge in [-0.2, -0.15) is 0 Å². The standard InChI is InChI=1S/C18H34BrNO8S/c1-17(2,13-18(3,14-19)16(23)28-11-9-21)15(22)27-10-8-20(4,5)7-6-12-29(24,25)26/h21H,6-14H2,1-5H3. The molecule has 0 saturated heterocycles. The summed E-state index contributed by atoms with van der Waals surface area (Å²) >= 11 is 3.30. The lowest BCUT2D eigenvalue weighted by Gasteiger charge is -2.34. The van der Waals surface area contributed by atoms with Crippen LogP contribution >= 0.6 is 15.9 Å². The number of carbonyl (C=O) groups is 2. The van der Waals surface area contributed by atoms with E-state index in [0.717, 1.165) is 0 Å². The number of hydrogen-bond acceptors (Lipinski definition) is 8. The van der Waals surface area contributed by atoms with Gasteiger partial charge in [-0.05, 0) is 27.2 Å². The maximum absolute atomic E-state index is 12.6. The van der Waals surface area contributed by atoms with Gasteiger partial charge >= 0.3 is 11.9 Å². The first kappa shape index (κ1) is 28.2. The van der Waals surface area contributed by atoms with E-state index in [1.54, 1.807) is 20.8 Å². The Morgan fingerprint density at radius 2 is 1.62 bits per heavy atom. The molecule has 1 N–H and O–H groups in total. The van der Waals surface area contributed by atoms with E-state index in [1.807, 2.05) is 14.1 Å². The number of aliphatic hydroxyl groups excluding tert-OH is 1. The number of likely N-dealkylation sites (N-methyl/N-ethyl adjacent to an activating group) is 1. The highest BCUT2D eigenvalue weighted by Crippen LogP contribution is 2.37. The van der Waals surface area contributed by atoms with E-state index in [-0.39, 0.29) is 38.0 Å². The third kappa shape index (κ3) is 11.3. The van der Waals surface area contributed by atoms with Gasteiger partial charge < -0.3 is 23.6 Å². The number of rotatable bonds is 14. The summed E-state index contributed by atoms with van der Waals surface area (Å²) in [6, 6.07) is 0. The van der Waals surface area contributed by atoms with Crippen LogP contribution in [0.15, 0.2) is 0 Å². The second-order valence-electron chi connectivity index (χ2n) is 8.75. The minimum atomic E-state index is -4.23. The summed E-state index contributed by atoms with van der Waals surface area (Å²) < 4.78 is 42.9. The Hall–Kier alpha value is -0.750. The van der Waals surface area contributed by atoms with Crippen molar-refractivity contribution in [1.29, 1.82) is 0 Å². The first-order valence-corrected chi connectivity index (χ1v) is 12.1. The highest BCUT2D eigenvalue weighted by Gasteiger charge is 2.43. The Bertz CT molecular complexity index is 650. The number of halogens is 1. The zero-order valence-corrected chi connectivity index (χ0v) is 20.3. The van der Waals surface area contributed by atoms with Crippen LogP contribution in [-0.2, 0) is 29.2 Å². The molecule has 0 bridgehead atoms. The van der Waals surface area contributed by atoms with Gasteiger partial charge in [0, 0.05) is 17.5 Å². The molecule has 0 rings (SSSR count). The average molecular weight is 504 g/mol. The van der Waals surface area contributed by atoms with Gasteiger partial charge in [-0.3, -0.25) is 9.59 Å². The minimum absolute atomic E-state index is 0.104. The van der Waals surface area contributed by atoms with Gasteiger partial charge in [-0.25, -0.2) is 8.42 Å². The van der Waals surface area contributed by atoms with Crippen molar-refractivity contribution in [3.63, 3.8) is 0 Å². The van der Waals surface area contributed by atoms with Gasteiger partial charge in [0.2, 0.25) is 0 Å². The second-order valence-corrected chi connectivity index (χ2v) is 10.8. The third-order valence-corrected chi connectivity index (χ3v) is 6.61. The predicted octanol–water partition coefficient (Wildman–Crippen LogP) is 0.894. The van der Waals surface area contributed by atoms with E-state index in [0.29, 0.717) is 17.6 Å². The van der Waals surface area contributed by atoms with Crippen molar-refractivity contribution in [3.8, 4) is 0 Å². The molecule has 0 aromatic heterocycles. The van der Waals surface area contributed by atoms with E-state index in [9.17, 15) is 22.6 Å². The molecule has 1 atom stereocenters. The van der Waals surface area contributed by atoms with Crippen LogP contribution in [0.4, 0.5) is 0 Å². The van der Waals surface area contributed by atoms with Gasteiger partial charge in [0.15, 0.2) is 0 Å². The van der Waals surface area contributed by atoms with Crippen molar-refractivity contribution in [1.82, 2.24) is 0 Å². The van der Waals surface area contributed by atoms with Crippen LogP contribution in [0.5, 0.6) is 0 Å². The van der Waals surface area contributed by atoms with E-state index in [4.69, 9.17) is 14.6 Å². The molecule has 0 aliphatic rings. The molecule has 0 aromatic carbocycles. The van der Waals surface area contributed by atoms with Crippen LogP contribution in [0.1, 0.15) is 33.6 Å². The van der Waals surface area contributed by atoms with Crippen molar-refractivity contribution in [2.75, 3.05) is 58.1 Å². The fraction of sp³-hybridized carbons (Fsp3) is 0.889. The van der Waals surface area contributed by atoms with Crippen LogP contribution in [0.3, 0.4) is 0 Å². The molecule has 0 spiro atoms. The molecule has 0 aliphatic carbocycles. The van der Waals surface area contributed by atoms with E-state index >= 15 is 0 Å². The topological polar surface area (TPSA) is 130 Å². The quantitative estimate of drug-likeness (QED) is 0.160. The summed E-state index contributed by atoms with van der Waals surface area (Å²) in [7, 11) is -0.520. The highest BCUT2D eigenvalue weighted by atomic mass is 79.9. The minimum Gasteiger partial charge on any atom is -0.748 e. The number of esters is 2. The van der Waals surface area contributed by atoms with E-state index < -0.39 is 38.6 Å². The second kappa shape index (κ2) is 11.6. The number of alkyl halides is 1. The number of aliphatic hydroxyl groups is 1. The molecule has 11 heteroatoms. The third-order valence-electron chi connectivity index (χ3n) is 4.58. The van der Waals surface area contributed by atoms with Crippen LogP contribution in [0.25, 0.3) is 0 Å². The normalized spacial score (nSPS) is 14.9. The smallest absolute Gasteiger partial charge is 0.312 e. The van der Waals surface area contributed by atoms with Gasteiger partial charge in [0.25, 0.3) is 0 Å². The predicted molar refractivity (Wildman–Crippen MR) is 110 cm³/mol. The fourth-order valence-electron chi connectivity index (χ4n) is 2.90. The lowest BCUT2D eigenvalue weighted by molar-refractivity contribution is -0.890. The molecular formula is C18H34BrNO8S. The maximum atomic E-state index is 12.6. The van der Waals surface area contributed by atoms with Crippen LogP contribution in [0, 0.1) is 10.8 Å². The molecular weight excluding hydrogens is 470 g/mol. The van der Waals surface area contributed by atoms with E-state index in [1.165, 1.54) is 0 Å². The Kier molecular flexibility index (Phi) is 11.3. The molecule has 9 nitrogen and oxygen atoms in total. The Morgan fingerprint density at radius 1 is 1.07 bits per heavy atom. The Balaban J connectivity index is 4.71. The van der Waals surface area contributed by atoms with Gasteiger partial charge in [0.1, 0.15) is 19.8 Å². The molecule has 0 aromatic rings. The molecule has 0 aliphatic heterocycles. The number of ether oxygens (including phenoxy) is 2. The number of quaternary nitrogens is 1. The molecule has 1 unspecified atom stereocenters. The maximum Gasteiger partial charge on any atom is 0.312 e. The molecule has 0 heterocycles. The fourth-order valence-corrected chi connectivity index (χ4v) is 3.81. The van der Waals surface area contributed by atoms with Crippen LogP contribution in [-0.4, -0.2) is 92.6 Å². The first-order chi connectivity index (χ1) is 13.1. The summed E-state index contributed by atoms with van der Waals surface area (Å²) in [4.78, 5) is 24.9. The van der Waals surface area contributed by atoms with Crippen LogP contribution < -0.4 is 0 Å². The monoisotopic (exact) mass is 503 g/mol. The summed E-state index contributed by atoms with van der Waals surface area (Å²) in [5.74, 6) is -1.38. The Labute approximate surface area is 182 Å². The summed E-state index contributed by atoms with van der Waals surface area (Å²) in [5, 5.41) is 9.11. The summed E-state index contributed by atoms with van der Waals surface area (Å²) in [5.41, 5.74) is -1.91. The van der Waals surface area contributed by atoms with E-state index in [2.05, 4.69) is 15.9 Å². The molecule has 172 valence electrons. The molecule has 0 saturated carbocycles. The number of hydrogen-bond donors (Lipinski definition) is 1. The van der Waals surface area contributed by atoms with Crippen molar-refractivity contribution < 1.29 is 41.6 Å². The molecule has 29 heavy (non-hydrogen) atoms. The number of carbonyl (C=O) groups excluding carboxylic acids is 2. The largest absolute Gasteiger partial charge is 0.748 e. The van der Waals surface area contributed by atoms with Gasteiger partial charge in [0.05, 0.1) is 48.2 Å². The zero-order chi connectivity index (χ0) is 22.9. The molecule has 0 amide bonds. The highest BCUT2D eigenvalue weighted by molar-refractivity contribution is 9.09. The van der Waals surface area contributed by atoms with Crippen molar-refractivity contribution >= 4 is 38.0 Å². The SMILES string of the molecule is CC(C)(CC(C)(CBr)C(=O)OCCO)C(=O)OCC[N+](C)(C)CCCS(=O)(=O)[O-]. The van der Waals surface area contributed by atoms with Crippen molar-refractivity contribution in [3.05, 3.63) is 0 Å². The van der Waals surface area contributed by atoms with Crippen molar-refractivity contribution in [2.24, 2.45) is 10.8 Å². The zero-order valence-electron chi connectivity index (χ0n) is 17.9. The van der Waals surface area contributed by atoms with Gasteiger partial charge in [-0.15, -0.1) is 0 Å². The van der Waals surface area contributed by atoms with Crippen LogP contribution in [0.2, 0.25) is 0 Å². The Morgan fingerprint density at radius 3 is 2.10 bits per heavy atom. The lowest BCUT2D eigenvalue weighted by atomic mass is 9.75.